The zero-order valence-corrected chi connectivity index (χ0v) is 16.6. The summed E-state index contributed by atoms with van der Waals surface area (Å²) in [5, 5.41) is 14.3. The van der Waals surface area contributed by atoms with E-state index in [1.807, 2.05) is 63.4 Å². The van der Waals surface area contributed by atoms with Crippen LogP contribution in [0.2, 0.25) is 0 Å². The summed E-state index contributed by atoms with van der Waals surface area (Å²) in [6.45, 7) is 0.315. The predicted molar refractivity (Wildman–Crippen MR) is 109 cm³/mol. The molecule has 2 rings (SSSR count). The topological polar surface area (TPSA) is 89.7 Å². The van der Waals surface area contributed by atoms with Gasteiger partial charge in [-0.2, -0.15) is 5.26 Å². The molecule has 2 aromatic carbocycles. The van der Waals surface area contributed by atoms with Gasteiger partial charge in [0.2, 0.25) is 0 Å². The first kappa shape index (κ1) is 20.9. The number of nitriles is 1. The van der Waals surface area contributed by atoms with E-state index in [0.717, 1.165) is 16.2 Å². The summed E-state index contributed by atoms with van der Waals surface area (Å²) >= 11 is 0. The van der Waals surface area contributed by atoms with Crippen molar-refractivity contribution in [3.05, 3.63) is 59.7 Å². The third-order valence-electron chi connectivity index (χ3n) is 4.48. The van der Waals surface area contributed by atoms with Crippen molar-refractivity contribution >= 4 is 23.2 Å². The number of carbonyl (C=O) groups excluding carboxylic acids is 2. The maximum Gasteiger partial charge on any atom is 0.313 e. The smallest absolute Gasteiger partial charge is 0.313 e. The molecule has 146 valence electrons. The standard InChI is InChI=1S/C21H25N5O2/c1-25(2)17-11-9-15(10-12-17)19(26(3)4)14-23-20(27)21(28)24-18-8-6-5-7-16(18)13-22/h5-12,19H,14H2,1-4H3,(H,23,27)(H,24,28)/p+1/t19-/m1/s1. The van der Waals surface area contributed by atoms with Crippen molar-refractivity contribution in [2.45, 2.75) is 6.04 Å². The highest BCUT2D eigenvalue weighted by Gasteiger charge is 2.22. The van der Waals surface area contributed by atoms with Crippen LogP contribution in [0.1, 0.15) is 17.2 Å². The van der Waals surface area contributed by atoms with Crippen LogP contribution in [-0.2, 0) is 9.59 Å². The molecule has 0 saturated carbocycles. The fraction of sp³-hybridized carbons (Fsp3) is 0.286. The van der Waals surface area contributed by atoms with Crippen molar-refractivity contribution in [2.24, 2.45) is 0 Å². The highest BCUT2D eigenvalue weighted by molar-refractivity contribution is 6.39. The van der Waals surface area contributed by atoms with Gasteiger partial charge in [0.25, 0.3) is 0 Å². The molecule has 0 radical (unpaired) electrons. The summed E-state index contributed by atoms with van der Waals surface area (Å²) in [6.07, 6.45) is 0. The molecule has 0 fully saturated rings. The van der Waals surface area contributed by atoms with Crippen molar-refractivity contribution in [2.75, 3.05) is 45.0 Å². The third kappa shape index (κ3) is 5.32. The number of nitrogens with one attached hydrogen (secondary N) is 3. The van der Waals surface area contributed by atoms with Crippen LogP contribution < -0.4 is 20.4 Å². The zero-order chi connectivity index (χ0) is 20.7. The maximum atomic E-state index is 12.2. The van der Waals surface area contributed by atoms with Gasteiger partial charge in [-0.1, -0.05) is 24.3 Å². The van der Waals surface area contributed by atoms with Gasteiger partial charge in [-0.05, 0) is 24.3 Å². The van der Waals surface area contributed by atoms with E-state index in [2.05, 4.69) is 10.6 Å². The average molecular weight is 380 g/mol. The fourth-order valence-corrected chi connectivity index (χ4v) is 2.80. The number of likely N-dealkylation sites (N-methyl/N-ethyl adjacent to an activating group) is 1. The number of quaternary nitrogens is 1. The van der Waals surface area contributed by atoms with Crippen LogP contribution in [-0.4, -0.2) is 46.5 Å². The molecule has 0 saturated heterocycles. The van der Waals surface area contributed by atoms with Gasteiger partial charge in [-0.15, -0.1) is 0 Å². The molecule has 28 heavy (non-hydrogen) atoms. The van der Waals surface area contributed by atoms with Crippen LogP contribution in [0.4, 0.5) is 11.4 Å². The number of para-hydroxylation sites is 1. The van der Waals surface area contributed by atoms with Crippen LogP contribution in [0.25, 0.3) is 0 Å². The van der Waals surface area contributed by atoms with E-state index < -0.39 is 11.8 Å². The normalized spacial score (nSPS) is 11.4. The second-order valence-electron chi connectivity index (χ2n) is 6.94. The van der Waals surface area contributed by atoms with Crippen LogP contribution in [0.3, 0.4) is 0 Å². The largest absolute Gasteiger partial charge is 0.378 e. The maximum absolute atomic E-state index is 12.2. The lowest BCUT2D eigenvalue weighted by Crippen LogP contribution is -3.07. The number of carbonyl (C=O) groups is 2. The fourth-order valence-electron chi connectivity index (χ4n) is 2.80. The van der Waals surface area contributed by atoms with Crippen LogP contribution in [0, 0.1) is 11.3 Å². The van der Waals surface area contributed by atoms with Crippen molar-refractivity contribution in [1.29, 1.82) is 5.26 Å². The van der Waals surface area contributed by atoms with Gasteiger partial charge in [-0.25, -0.2) is 0 Å². The van der Waals surface area contributed by atoms with Crippen LogP contribution in [0.15, 0.2) is 48.5 Å². The van der Waals surface area contributed by atoms with E-state index in [0.29, 0.717) is 17.8 Å². The van der Waals surface area contributed by atoms with Gasteiger partial charge in [0.15, 0.2) is 0 Å². The third-order valence-corrected chi connectivity index (χ3v) is 4.48. The number of hydrogen-bond acceptors (Lipinski definition) is 4. The molecule has 1 atom stereocenters. The zero-order valence-electron chi connectivity index (χ0n) is 16.6. The molecule has 7 nitrogen and oxygen atoms in total. The number of benzene rings is 2. The van der Waals surface area contributed by atoms with E-state index in [1.54, 1.807) is 24.3 Å². The molecular formula is C21H26N5O2+. The minimum absolute atomic E-state index is 0.000595. The summed E-state index contributed by atoms with van der Waals surface area (Å²) in [4.78, 5) is 27.6. The Kier molecular flexibility index (Phi) is 7.13. The molecule has 2 aromatic rings. The summed E-state index contributed by atoms with van der Waals surface area (Å²) in [6, 6.07) is 16.7. The lowest BCUT2D eigenvalue weighted by molar-refractivity contribution is -0.890. The Morgan fingerprint density at radius 1 is 1.07 bits per heavy atom. The van der Waals surface area contributed by atoms with Crippen LogP contribution in [0.5, 0.6) is 0 Å². The molecule has 0 aliphatic heterocycles. The second-order valence-corrected chi connectivity index (χ2v) is 6.94. The van der Waals surface area contributed by atoms with E-state index in [-0.39, 0.29) is 6.04 Å². The SMILES string of the molecule is CN(C)c1ccc([C@@H](CNC(=O)C(=O)Nc2ccccc2C#N)[NH+](C)C)cc1. The molecule has 0 unspecified atom stereocenters. The molecule has 7 heteroatoms. The molecule has 2 amide bonds. The van der Waals surface area contributed by atoms with E-state index >= 15 is 0 Å². The lowest BCUT2D eigenvalue weighted by atomic mass is 10.1. The quantitative estimate of drug-likeness (QED) is 0.639. The molecule has 0 bridgehead atoms. The molecular weight excluding hydrogens is 354 g/mol. The lowest BCUT2D eigenvalue weighted by Gasteiger charge is -2.23. The highest BCUT2D eigenvalue weighted by Crippen LogP contribution is 2.16. The van der Waals surface area contributed by atoms with Gasteiger partial charge < -0.3 is 20.4 Å². The molecule has 0 aliphatic carbocycles. The Morgan fingerprint density at radius 2 is 1.71 bits per heavy atom. The summed E-state index contributed by atoms with van der Waals surface area (Å²) in [5.41, 5.74) is 2.79. The van der Waals surface area contributed by atoms with Gasteiger partial charge in [0.1, 0.15) is 12.1 Å². The molecule has 3 N–H and O–H groups in total. The minimum Gasteiger partial charge on any atom is -0.378 e. The number of amides is 2. The van der Waals surface area contributed by atoms with Gasteiger partial charge in [0, 0.05) is 25.3 Å². The van der Waals surface area contributed by atoms with Gasteiger partial charge >= 0.3 is 11.8 Å². The first-order chi connectivity index (χ1) is 13.3. The Bertz CT molecular complexity index is 869. The van der Waals surface area contributed by atoms with Crippen molar-refractivity contribution < 1.29 is 14.5 Å². The van der Waals surface area contributed by atoms with Crippen molar-refractivity contribution in [3.8, 4) is 6.07 Å². The van der Waals surface area contributed by atoms with Crippen molar-refractivity contribution in [3.63, 3.8) is 0 Å². The number of anilines is 2. The van der Waals surface area contributed by atoms with Gasteiger partial charge in [-0.3, -0.25) is 9.59 Å². The molecule has 0 heterocycles. The van der Waals surface area contributed by atoms with Crippen LogP contribution >= 0.6 is 0 Å². The van der Waals surface area contributed by atoms with E-state index in [9.17, 15) is 9.59 Å². The molecule has 0 aromatic heterocycles. The summed E-state index contributed by atoms with van der Waals surface area (Å²) in [5.74, 6) is -1.53. The van der Waals surface area contributed by atoms with Gasteiger partial charge in [0.05, 0.1) is 31.9 Å². The Hall–Kier alpha value is -3.37. The van der Waals surface area contributed by atoms with E-state index in [1.165, 1.54) is 0 Å². The highest BCUT2D eigenvalue weighted by atomic mass is 16.2. The van der Waals surface area contributed by atoms with E-state index in [4.69, 9.17) is 5.26 Å². The first-order valence-corrected chi connectivity index (χ1v) is 8.99. The Balaban J connectivity index is 2.01. The summed E-state index contributed by atoms with van der Waals surface area (Å²) in [7, 11) is 7.96. The second kappa shape index (κ2) is 9.53. The number of hydrogen-bond donors (Lipinski definition) is 3. The van der Waals surface area contributed by atoms with Crippen molar-refractivity contribution in [1.82, 2.24) is 5.32 Å². The summed E-state index contributed by atoms with van der Waals surface area (Å²) < 4.78 is 0. The minimum atomic E-state index is -0.793. The molecule has 0 aliphatic rings. The number of rotatable bonds is 6. The predicted octanol–water partition coefficient (Wildman–Crippen LogP) is 0.565. The first-order valence-electron chi connectivity index (χ1n) is 8.99. The number of nitrogens with zero attached hydrogens (tertiary/aromatic N) is 2. The molecule has 0 spiro atoms. The Labute approximate surface area is 165 Å². The monoisotopic (exact) mass is 380 g/mol. The Morgan fingerprint density at radius 3 is 2.29 bits per heavy atom. The average Bonchev–Trinajstić information content (AvgIpc) is 2.68.